The first kappa shape index (κ1) is 28.2. The summed E-state index contributed by atoms with van der Waals surface area (Å²) in [4.78, 5) is 14.1. The molecule has 0 spiro atoms. The summed E-state index contributed by atoms with van der Waals surface area (Å²) in [5.74, 6) is 0. The lowest BCUT2D eigenvalue weighted by molar-refractivity contribution is 0.245. The molecular formula is C30H37N5O3S. The van der Waals surface area contributed by atoms with Crippen molar-refractivity contribution in [2.45, 2.75) is 51.0 Å². The van der Waals surface area contributed by atoms with Crippen LogP contribution < -0.4 is 19.9 Å². The second kappa shape index (κ2) is 11.9. The third-order valence-electron chi connectivity index (χ3n) is 6.85. The first-order valence-corrected chi connectivity index (χ1v) is 14.7. The number of amides is 2. The summed E-state index contributed by atoms with van der Waals surface area (Å²) in [5.41, 5.74) is 7.45. The number of carbonyl (C=O) groups is 1. The maximum Gasteiger partial charge on any atom is 0.328 e. The van der Waals surface area contributed by atoms with Gasteiger partial charge in [0.15, 0.2) is 0 Å². The highest BCUT2D eigenvalue weighted by Gasteiger charge is 2.31. The van der Waals surface area contributed by atoms with Crippen LogP contribution in [0, 0.1) is 13.8 Å². The molecule has 39 heavy (non-hydrogen) atoms. The third kappa shape index (κ3) is 6.60. The monoisotopic (exact) mass is 547 g/mol. The van der Waals surface area contributed by atoms with Crippen molar-refractivity contribution < 1.29 is 13.2 Å². The Bertz CT molecular complexity index is 1450. The van der Waals surface area contributed by atoms with Gasteiger partial charge in [0.05, 0.1) is 22.3 Å². The SMILES string of the molecule is CCCCNC(=O)NS(=O)(=O)c1ccc(N2N=C(c3ccc(C)cc3C)CC2c2ccc(N(C)C)cc2)cc1. The molecule has 1 atom stereocenters. The fourth-order valence-electron chi connectivity index (χ4n) is 4.68. The lowest BCUT2D eigenvalue weighted by Gasteiger charge is -2.25. The zero-order valence-electron chi connectivity index (χ0n) is 23.2. The highest BCUT2D eigenvalue weighted by Crippen LogP contribution is 2.38. The minimum absolute atomic E-state index is 0.0153. The Morgan fingerprint density at radius 3 is 2.33 bits per heavy atom. The first-order chi connectivity index (χ1) is 18.6. The zero-order chi connectivity index (χ0) is 28.2. The number of unbranched alkanes of at least 4 members (excludes halogenated alkanes) is 1. The van der Waals surface area contributed by atoms with E-state index < -0.39 is 16.1 Å². The standard InChI is InChI=1S/C30H37N5O3S/c1-6-7-18-31-30(36)33-39(37,38)26-15-13-25(14-16-26)35-29(23-9-11-24(12-10-23)34(4)5)20-28(32-35)27-17-8-21(2)19-22(27)3/h8-17,19,29H,6-7,18,20H2,1-5H3,(H2,31,33,36). The van der Waals surface area contributed by atoms with Crippen LogP contribution in [-0.2, 0) is 10.0 Å². The van der Waals surface area contributed by atoms with E-state index in [-0.39, 0.29) is 10.9 Å². The van der Waals surface area contributed by atoms with Gasteiger partial charge in [-0.05, 0) is 67.8 Å². The molecule has 0 saturated carbocycles. The fraction of sp³-hybridized carbons (Fsp3) is 0.333. The van der Waals surface area contributed by atoms with Gasteiger partial charge in [0, 0.05) is 38.3 Å². The summed E-state index contributed by atoms with van der Waals surface area (Å²) in [6.45, 7) is 6.59. The molecular weight excluding hydrogens is 510 g/mol. The molecule has 8 nitrogen and oxygen atoms in total. The van der Waals surface area contributed by atoms with Gasteiger partial charge in [0.2, 0.25) is 0 Å². The van der Waals surface area contributed by atoms with Gasteiger partial charge in [0.1, 0.15) is 0 Å². The van der Waals surface area contributed by atoms with Crippen LogP contribution in [0.1, 0.15) is 54.5 Å². The molecule has 0 bridgehead atoms. The Morgan fingerprint density at radius 1 is 1.03 bits per heavy atom. The molecule has 0 saturated heterocycles. The van der Waals surface area contributed by atoms with Crippen molar-refractivity contribution in [3.63, 3.8) is 0 Å². The Morgan fingerprint density at radius 2 is 1.72 bits per heavy atom. The topological polar surface area (TPSA) is 94.1 Å². The van der Waals surface area contributed by atoms with E-state index in [2.05, 4.69) is 71.3 Å². The van der Waals surface area contributed by atoms with Crippen LogP contribution >= 0.6 is 0 Å². The molecule has 1 aliphatic rings. The van der Waals surface area contributed by atoms with Crippen LogP contribution in [0.5, 0.6) is 0 Å². The molecule has 1 heterocycles. The maximum atomic E-state index is 12.8. The Kier molecular flexibility index (Phi) is 8.60. The first-order valence-electron chi connectivity index (χ1n) is 13.2. The fourth-order valence-corrected chi connectivity index (χ4v) is 5.60. The van der Waals surface area contributed by atoms with Crippen LogP contribution in [0.2, 0.25) is 0 Å². The Labute approximate surface area is 231 Å². The minimum atomic E-state index is -4.00. The van der Waals surface area contributed by atoms with Crippen molar-refractivity contribution in [2.24, 2.45) is 5.10 Å². The third-order valence-corrected chi connectivity index (χ3v) is 8.20. The predicted molar refractivity (Wildman–Crippen MR) is 158 cm³/mol. The molecule has 1 unspecified atom stereocenters. The summed E-state index contributed by atoms with van der Waals surface area (Å²) in [7, 11) is 0.0229. The lowest BCUT2D eigenvalue weighted by Crippen LogP contribution is -2.39. The molecule has 2 N–H and O–H groups in total. The maximum absolute atomic E-state index is 12.8. The van der Waals surface area contributed by atoms with E-state index in [1.165, 1.54) is 23.3 Å². The molecule has 0 radical (unpaired) electrons. The Hall–Kier alpha value is -3.85. The number of carbonyl (C=O) groups excluding carboxylic acids is 1. The summed E-state index contributed by atoms with van der Waals surface area (Å²) in [6.07, 6.45) is 2.39. The largest absolute Gasteiger partial charge is 0.378 e. The second-order valence-electron chi connectivity index (χ2n) is 10.1. The van der Waals surface area contributed by atoms with Crippen molar-refractivity contribution >= 4 is 33.1 Å². The number of benzene rings is 3. The van der Waals surface area contributed by atoms with Gasteiger partial charge in [-0.1, -0.05) is 49.2 Å². The van der Waals surface area contributed by atoms with Crippen molar-refractivity contribution in [3.8, 4) is 0 Å². The van der Waals surface area contributed by atoms with Crippen LogP contribution in [-0.4, -0.2) is 40.8 Å². The normalized spacial score (nSPS) is 15.2. The average molecular weight is 548 g/mol. The number of sulfonamides is 1. The molecule has 1 aliphatic heterocycles. The smallest absolute Gasteiger partial charge is 0.328 e. The second-order valence-corrected chi connectivity index (χ2v) is 11.8. The minimum Gasteiger partial charge on any atom is -0.378 e. The zero-order valence-corrected chi connectivity index (χ0v) is 24.0. The number of rotatable bonds is 9. The number of hydrogen-bond donors (Lipinski definition) is 2. The van der Waals surface area contributed by atoms with Crippen LogP contribution in [0.4, 0.5) is 16.2 Å². The van der Waals surface area contributed by atoms with Crippen molar-refractivity contribution in [3.05, 3.63) is 89.0 Å². The van der Waals surface area contributed by atoms with E-state index in [1.807, 2.05) is 26.0 Å². The van der Waals surface area contributed by atoms with E-state index in [1.54, 1.807) is 12.1 Å². The number of urea groups is 1. The van der Waals surface area contributed by atoms with Crippen molar-refractivity contribution in [1.82, 2.24) is 10.0 Å². The van der Waals surface area contributed by atoms with E-state index in [4.69, 9.17) is 5.10 Å². The number of nitrogens with zero attached hydrogens (tertiary/aromatic N) is 3. The number of hydrogen-bond acceptors (Lipinski definition) is 6. The van der Waals surface area contributed by atoms with Gasteiger partial charge < -0.3 is 10.2 Å². The summed E-state index contributed by atoms with van der Waals surface area (Å²) in [5, 5.41) is 9.56. The number of nitrogens with one attached hydrogen (secondary N) is 2. The van der Waals surface area contributed by atoms with E-state index in [9.17, 15) is 13.2 Å². The van der Waals surface area contributed by atoms with Crippen LogP contribution in [0.3, 0.4) is 0 Å². The molecule has 0 aliphatic carbocycles. The summed E-state index contributed by atoms with van der Waals surface area (Å²) in [6, 6.07) is 20.5. The van der Waals surface area contributed by atoms with Gasteiger partial charge >= 0.3 is 6.03 Å². The molecule has 0 aromatic heterocycles. The van der Waals surface area contributed by atoms with Gasteiger partial charge in [-0.25, -0.2) is 17.9 Å². The van der Waals surface area contributed by atoms with Gasteiger partial charge in [-0.3, -0.25) is 5.01 Å². The molecule has 3 aromatic carbocycles. The lowest BCUT2D eigenvalue weighted by atomic mass is 9.95. The van der Waals surface area contributed by atoms with Gasteiger partial charge in [-0.2, -0.15) is 5.10 Å². The summed E-state index contributed by atoms with van der Waals surface area (Å²) < 4.78 is 27.6. The average Bonchev–Trinajstić information content (AvgIpc) is 3.34. The summed E-state index contributed by atoms with van der Waals surface area (Å²) >= 11 is 0. The highest BCUT2D eigenvalue weighted by molar-refractivity contribution is 7.90. The molecule has 206 valence electrons. The number of hydrazone groups is 1. The van der Waals surface area contributed by atoms with E-state index >= 15 is 0 Å². The molecule has 9 heteroatoms. The van der Waals surface area contributed by atoms with Crippen molar-refractivity contribution in [2.75, 3.05) is 30.5 Å². The quantitative estimate of drug-likeness (QED) is 0.345. The molecule has 0 fully saturated rings. The molecule has 2 amide bonds. The predicted octanol–water partition coefficient (Wildman–Crippen LogP) is 5.51. The van der Waals surface area contributed by atoms with E-state index in [0.29, 0.717) is 13.0 Å². The van der Waals surface area contributed by atoms with Gasteiger partial charge in [-0.15, -0.1) is 0 Å². The van der Waals surface area contributed by atoms with Crippen LogP contribution in [0.15, 0.2) is 76.7 Å². The molecule has 4 rings (SSSR count). The van der Waals surface area contributed by atoms with E-state index in [0.717, 1.165) is 41.1 Å². The number of anilines is 2. The highest BCUT2D eigenvalue weighted by atomic mass is 32.2. The van der Waals surface area contributed by atoms with Gasteiger partial charge in [0.25, 0.3) is 10.0 Å². The number of aryl methyl sites for hydroxylation is 2. The van der Waals surface area contributed by atoms with Crippen LogP contribution in [0.25, 0.3) is 0 Å². The van der Waals surface area contributed by atoms with Crippen molar-refractivity contribution in [1.29, 1.82) is 0 Å². The molecule has 3 aromatic rings. The Balaban J connectivity index is 1.63.